The molecule has 2 aromatic carbocycles. The van der Waals surface area contributed by atoms with Crippen molar-refractivity contribution in [3.05, 3.63) is 59.7 Å². The number of carbonyl (C=O) groups excluding carboxylic acids is 1. The van der Waals surface area contributed by atoms with Crippen LogP contribution >= 0.6 is 0 Å². The van der Waals surface area contributed by atoms with Crippen LogP contribution in [0.5, 0.6) is 0 Å². The van der Waals surface area contributed by atoms with Crippen molar-refractivity contribution >= 4 is 17.3 Å². The van der Waals surface area contributed by atoms with E-state index in [4.69, 9.17) is 0 Å². The Morgan fingerprint density at radius 1 is 0.966 bits per heavy atom. The summed E-state index contributed by atoms with van der Waals surface area (Å²) in [6, 6.07) is 16.7. The Morgan fingerprint density at radius 2 is 1.72 bits per heavy atom. The predicted octanol–water partition coefficient (Wildman–Crippen LogP) is 4.33. The molecule has 0 aliphatic carbocycles. The molecule has 1 aliphatic rings. The maximum absolute atomic E-state index is 12.7. The van der Waals surface area contributed by atoms with Gasteiger partial charge in [0.15, 0.2) is 0 Å². The second-order valence-electron chi connectivity index (χ2n) is 8.00. The first kappa shape index (κ1) is 21.2. The maximum Gasteiger partial charge on any atom is 0.253 e. The summed E-state index contributed by atoms with van der Waals surface area (Å²) >= 11 is 0. The van der Waals surface area contributed by atoms with Crippen LogP contribution in [0.3, 0.4) is 0 Å². The number of rotatable bonds is 9. The Kier molecular flexibility index (Phi) is 7.94. The summed E-state index contributed by atoms with van der Waals surface area (Å²) in [6.07, 6.45) is 3.48. The van der Waals surface area contributed by atoms with Gasteiger partial charge in [0.2, 0.25) is 0 Å². The number of anilines is 2. The fraction of sp³-hybridized carbons (Fsp3) is 0.458. The van der Waals surface area contributed by atoms with Crippen LogP contribution in [-0.4, -0.2) is 43.0 Å². The Balaban J connectivity index is 1.45. The van der Waals surface area contributed by atoms with Gasteiger partial charge in [0.05, 0.1) is 11.4 Å². The van der Waals surface area contributed by atoms with E-state index in [1.54, 1.807) is 0 Å². The third kappa shape index (κ3) is 6.50. The van der Waals surface area contributed by atoms with Gasteiger partial charge in [0.25, 0.3) is 5.91 Å². The number of para-hydroxylation sites is 2. The largest absolute Gasteiger partial charge is 0.382 e. The second kappa shape index (κ2) is 10.9. The molecule has 1 amide bonds. The molecule has 5 heteroatoms. The number of hydrogen-bond donors (Lipinski definition) is 3. The van der Waals surface area contributed by atoms with Gasteiger partial charge in [-0.3, -0.25) is 4.79 Å². The zero-order valence-electron chi connectivity index (χ0n) is 17.7. The number of likely N-dealkylation sites (tertiary alicyclic amines) is 1. The Labute approximate surface area is 174 Å². The molecule has 5 nitrogen and oxygen atoms in total. The van der Waals surface area contributed by atoms with Crippen LogP contribution in [0.25, 0.3) is 0 Å². The standard InChI is InChI=1S/C24H34N4O/c1-19(2)27-23-12-5-4-11-22(23)26-14-13-25-18-20-9-8-10-21(17-20)24(29)28-15-6-3-7-16-28/h4-5,8-12,17,19,25-27H,3,6-7,13-16,18H2,1-2H3. The highest BCUT2D eigenvalue weighted by Crippen LogP contribution is 2.21. The number of hydrogen-bond acceptors (Lipinski definition) is 4. The highest BCUT2D eigenvalue weighted by molar-refractivity contribution is 5.94. The fourth-order valence-electron chi connectivity index (χ4n) is 3.69. The second-order valence-corrected chi connectivity index (χ2v) is 8.00. The number of nitrogens with one attached hydrogen (secondary N) is 3. The smallest absolute Gasteiger partial charge is 0.253 e. The molecule has 2 aromatic rings. The van der Waals surface area contributed by atoms with E-state index in [1.165, 1.54) is 6.42 Å². The van der Waals surface area contributed by atoms with Crippen molar-refractivity contribution < 1.29 is 4.79 Å². The van der Waals surface area contributed by atoms with Gasteiger partial charge >= 0.3 is 0 Å². The highest BCUT2D eigenvalue weighted by atomic mass is 16.2. The summed E-state index contributed by atoms with van der Waals surface area (Å²) in [5.41, 5.74) is 4.20. The summed E-state index contributed by atoms with van der Waals surface area (Å²) in [6.45, 7) is 8.50. The van der Waals surface area contributed by atoms with Gasteiger partial charge in [0.1, 0.15) is 0 Å². The number of carbonyl (C=O) groups is 1. The monoisotopic (exact) mass is 394 g/mol. The van der Waals surface area contributed by atoms with E-state index in [-0.39, 0.29) is 5.91 Å². The van der Waals surface area contributed by atoms with Crippen LogP contribution in [0.2, 0.25) is 0 Å². The first-order valence-corrected chi connectivity index (χ1v) is 10.8. The third-order valence-electron chi connectivity index (χ3n) is 5.13. The molecule has 0 bridgehead atoms. The van der Waals surface area contributed by atoms with E-state index in [9.17, 15) is 4.79 Å². The number of benzene rings is 2. The van der Waals surface area contributed by atoms with Crippen molar-refractivity contribution in [1.29, 1.82) is 0 Å². The molecule has 0 atom stereocenters. The molecule has 0 saturated carbocycles. The lowest BCUT2D eigenvalue weighted by Crippen LogP contribution is -2.35. The number of nitrogens with zero attached hydrogens (tertiary/aromatic N) is 1. The summed E-state index contributed by atoms with van der Waals surface area (Å²) in [5, 5.41) is 10.4. The first-order chi connectivity index (χ1) is 14.1. The van der Waals surface area contributed by atoms with E-state index < -0.39 is 0 Å². The van der Waals surface area contributed by atoms with E-state index in [2.05, 4.69) is 48.0 Å². The van der Waals surface area contributed by atoms with Crippen LogP contribution in [0.1, 0.15) is 49.0 Å². The molecule has 3 rings (SSSR count). The van der Waals surface area contributed by atoms with Crippen molar-refractivity contribution in [3.63, 3.8) is 0 Å². The van der Waals surface area contributed by atoms with E-state index in [0.717, 1.165) is 68.1 Å². The molecule has 1 heterocycles. The normalized spacial score (nSPS) is 14.1. The number of amides is 1. The van der Waals surface area contributed by atoms with Crippen molar-refractivity contribution in [2.45, 2.75) is 45.7 Å². The molecule has 0 radical (unpaired) electrons. The molecule has 0 spiro atoms. The molecule has 1 fully saturated rings. The minimum absolute atomic E-state index is 0.169. The molecular formula is C24H34N4O. The molecule has 0 unspecified atom stereocenters. The molecule has 1 aliphatic heterocycles. The zero-order chi connectivity index (χ0) is 20.5. The maximum atomic E-state index is 12.7. The first-order valence-electron chi connectivity index (χ1n) is 10.8. The molecule has 29 heavy (non-hydrogen) atoms. The SMILES string of the molecule is CC(C)Nc1ccccc1NCCNCc1cccc(C(=O)N2CCCCC2)c1. The van der Waals surface area contributed by atoms with Crippen LogP contribution in [0, 0.1) is 0 Å². The Bertz CT molecular complexity index is 784. The van der Waals surface area contributed by atoms with Gasteiger partial charge in [-0.1, -0.05) is 24.3 Å². The van der Waals surface area contributed by atoms with Gasteiger partial charge < -0.3 is 20.9 Å². The van der Waals surface area contributed by atoms with Crippen LogP contribution in [0.4, 0.5) is 11.4 Å². The summed E-state index contributed by atoms with van der Waals surface area (Å²) in [7, 11) is 0. The van der Waals surface area contributed by atoms with Crippen molar-refractivity contribution in [3.8, 4) is 0 Å². The average molecular weight is 395 g/mol. The van der Waals surface area contributed by atoms with Gasteiger partial charge in [-0.15, -0.1) is 0 Å². The van der Waals surface area contributed by atoms with E-state index in [0.29, 0.717) is 6.04 Å². The van der Waals surface area contributed by atoms with Gasteiger partial charge in [-0.05, 0) is 62.9 Å². The van der Waals surface area contributed by atoms with Gasteiger partial charge in [-0.2, -0.15) is 0 Å². The average Bonchev–Trinajstić information content (AvgIpc) is 2.74. The molecule has 3 N–H and O–H groups in total. The summed E-state index contributed by atoms with van der Waals surface area (Å²) in [5.74, 6) is 0.169. The molecule has 1 saturated heterocycles. The quantitative estimate of drug-likeness (QED) is 0.554. The molecular weight excluding hydrogens is 360 g/mol. The lowest BCUT2D eigenvalue weighted by atomic mass is 10.1. The fourth-order valence-corrected chi connectivity index (χ4v) is 3.69. The van der Waals surface area contributed by atoms with Gasteiger partial charge in [-0.25, -0.2) is 0 Å². The topological polar surface area (TPSA) is 56.4 Å². The summed E-state index contributed by atoms with van der Waals surface area (Å²) in [4.78, 5) is 14.7. The van der Waals surface area contributed by atoms with Crippen molar-refractivity contribution in [2.24, 2.45) is 0 Å². The zero-order valence-corrected chi connectivity index (χ0v) is 17.7. The Hall–Kier alpha value is -2.53. The molecule has 156 valence electrons. The lowest BCUT2D eigenvalue weighted by Gasteiger charge is -2.26. The minimum Gasteiger partial charge on any atom is -0.382 e. The number of piperidine rings is 1. The van der Waals surface area contributed by atoms with Crippen molar-refractivity contribution in [1.82, 2.24) is 10.2 Å². The highest BCUT2D eigenvalue weighted by Gasteiger charge is 2.18. The molecule has 0 aromatic heterocycles. The van der Waals surface area contributed by atoms with E-state index >= 15 is 0 Å². The third-order valence-corrected chi connectivity index (χ3v) is 5.13. The predicted molar refractivity (Wildman–Crippen MR) is 122 cm³/mol. The Morgan fingerprint density at radius 3 is 2.48 bits per heavy atom. The van der Waals surface area contributed by atoms with Gasteiger partial charge in [0, 0.05) is 44.3 Å². The van der Waals surface area contributed by atoms with Crippen LogP contribution in [-0.2, 0) is 6.54 Å². The lowest BCUT2D eigenvalue weighted by molar-refractivity contribution is 0.0724. The van der Waals surface area contributed by atoms with Crippen LogP contribution < -0.4 is 16.0 Å². The van der Waals surface area contributed by atoms with Crippen LogP contribution in [0.15, 0.2) is 48.5 Å². The summed E-state index contributed by atoms with van der Waals surface area (Å²) < 4.78 is 0. The van der Waals surface area contributed by atoms with E-state index in [1.807, 2.05) is 35.2 Å². The minimum atomic E-state index is 0.169. The van der Waals surface area contributed by atoms with Crippen molar-refractivity contribution in [2.75, 3.05) is 36.8 Å².